The van der Waals surface area contributed by atoms with Crippen LogP contribution in [-0.2, 0) is 16.1 Å². The fourth-order valence-electron chi connectivity index (χ4n) is 1.81. The van der Waals surface area contributed by atoms with Crippen molar-refractivity contribution in [2.75, 3.05) is 12.4 Å². The predicted octanol–water partition coefficient (Wildman–Crippen LogP) is 1.88. The van der Waals surface area contributed by atoms with E-state index in [9.17, 15) is 14.4 Å². The monoisotopic (exact) mass is 412 g/mol. The minimum Gasteiger partial charge on any atom is -0.465 e. The number of nitrogens with one attached hydrogen (secondary N) is 1. The van der Waals surface area contributed by atoms with Crippen LogP contribution in [0.25, 0.3) is 0 Å². The van der Waals surface area contributed by atoms with Gasteiger partial charge in [0, 0.05) is 21.5 Å². The van der Waals surface area contributed by atoms with Gasteiger partial charge in [0.1, 0.15) is 6.54 Å². The largest absolute Gasteiger partial charge is 0.465 e. The van der Waals surface area contributed by atoms with E-state index in [2.05, 4.69) is 32.6 Å². The molecule has 0 saturated carbocycles. The molecule has 6 nitrogen and oxygen atoms in total. The highest BCUT2D eigenvalue weighted by Gasteiger charge is 2.10. The number of anilines is 1. The molecule has 0 aliphatic rings. The Bertz CT molecular complexity index is 770. The molecule has 22 heavy (non-hydrogen) atoms. The Morgan fingerprint density at radius 2 is 2.05 bits per heavy atom. The number of rotatable bonds is 4. The number of ether oxygens (including phenoxy) is 1. The molecule has 1 heterocycles. The molecular formula is C15H13IN2O4. The molecule has 7 heteroatoms. The molecule has 0 bridgehead atoms. The molecule has 0 radical (unpaired) electrons. The first kappa shape index (κ1) is 16.2. The van der Waals surface area contributed by atoms with E-state index in [-0.39, 0.29) is 23.6 Å². The molecule has 0 aliphatic carbocycles. The van der Waals surface area contributed by atoms with Crippen LogP contribution >= 0.6 is 22.6 Å². The topological polar surface area (TPSA) is 77.4 Å². The Morgan fingerprint density at radius 1 is 1.27 bits per heavy atom. The van der Waals surface area contributed by atoms with Crippen LogP contribution in [0.3, 0.4) is 0 Å². The molecule has 2 rings (SSSR count). The van der Waals surface area contributed by atoms with Crippen molar-refractivity contribution in [3.63, 3.8) is 0 Å². The minimum absolute atomic E-state index is 0.185. The Morgan fingerprint density at radius 3 is 2.73 bits per heavy atom. The van der Waals surface area contributed by atoms with Gasteiger partial charge in [0.2, 0.25) is 5.91 Å². The number of amides is 1. The Labute approximate surface area is 140 Å². The smallest absolute Gasteiger partial charge is 0.339 e. The fraction of sp³-hybridized carbons (Fsp3) is 0.133. The van der Waals surface area contributed by atoms with Gasteiger partial charge in [0.15, 0.2) is 0 Å². The number of carbonyl (C=O) groups is 2. The maximum Gasteiger partial charge on any atom is 0.339 e. The maximum atomic E-state index is 12.0. The van der Waals surface area contributed by atoms with Crippen LogP contribution in [0.15, 0.2) is 47.4 Å². The van der Waals surface area contributed by atoms with Gasteiger partial charge in [-0.2, -0.15) is 0 Å². The van der Waals surface area contributed by atoms with Crippen molar-refractivity contribution >= 4 is 40.2 Å². The summed E-state index contributed by atoms with van der Waals surface area (Å²) in [6, 6.07) is 9.88. The summed E-state index contributed by atoms with van der Waals surface area (Å²) in [6.07, 6.45) is 1.31. The summed E-state index contributed by atoms with van der Waals surface area (Å²) in [6.45, 7) is -0.185. The van der Waals surface area contributed by atoms with Gasteiger partial charge >= 0.3 is 5.97 Å². The van der Waals surface area contributed by atoms with E-state index in [0.29, 0.717) is 5.69 Å². The molecule has 0 unspecified atom stereocenters. The second-order valence-corrected chi connectivity index (χ2v) is 5.68. The number of aromatic nitrogens is 1. The van der Waals surface area contributed by atoms with Gasteiger partial charge in [0.25, 0.3) is 5.56 Å². The zero-order valence-corrected chi connectivity index (χ0v) is 13.9. The molecule has 1 N–H and O–H groups in total. The number of esters is 1. The molecule has 114 valence electrons. The van der Waals surface area contributed by atoms with Crippen LogP contribution in [0.4, 0.5) is 5.69 Å². The lowest BCUT2D eigenvalue weighted by molar-refractivity contribution is -0.116. The van der Waals surface area contributed by atoms with Crippen LogP contribution in [0, 0.1) is 3.57 Å². The van der Waals surface area contributed by atoms with Crippen molar-refractivity contribution in [2.45, 2.75) is 6.54 Å². The quantitative estimate of drug-likeness (QED) is 0.615. The summed E-state index contributed by atoms with van der Waals surface area (Å²) >= 11 is 2.14. The number of halogens is 1. The normalized spacial score (nSPS) is 10.1. The second kappa shape index (κ2) is 7.21. The van der Waals surface area contributed by atoms with E-state index >= 15 is 0 Å². The average molecular weight is 412 g/mol. The summed E-state index contributed by atoms with van der Waals surface area (Å²) in [5, 5.41) is 2.70. The van der Waals surface area contributed by atoms with Gasteiger partial charge in [-0.3, -0.25) is 9.59 Å². The molecule has 1 amide bonds. The van der Waals surface area contributed by atoms with E-state index in [0.717, 1.165) is 8.14 Å². The highest BCUT2D eigenvalue weighted by molar-refractivity contribution is 14.1. The van der Waals surface area contributed by atoms with Crippen molar-refractivity contribution in [1.29, 1.82) is 0 Å². The molecule has 2 aromatic rings. The lowest BCUT2D eigenvalue weighted by Gasteiger charge is -2.09. The molecule has 1 aromatic heterocycles. The van der Waals surface area contributed by atoms with Gasteiger partial charge in [0.05, 0.1) is 12.7 Å². The zero-order chi connectivity index (χ0) is 16.1. The molecular weight excluding hydrogens is 399 g/mol. The first-order chi connectivity index (χ1) is 10.5. The number of hydrogen-bond donors (Lipinski definition) is 1. The van der Waals surface area contributed by atoms with Crippen LogP contribution < -0.4 is 10.9 Å². The summed E-state index contributed by atoms with van der Waals surface area (Å²) in [7, 11) is 1.25. The second-order valence-electron chi connectivity index (χ2n) is 4.43. The highest BCUT2D eigenvalue weighted by Crippen LogP contribution is 2.12. The van der Waals surface area contributed by atoms with Crippen LogP contribution in [0.5, 0.6) is 0 Å². The Balaban J connectivity index is 2.14. The maximum absolute atomic E-state index is 12.0. The number of nitrogens with zero attached hydrogens (tertiary/aromatic N) is 1. The van der Waals surface area contributed by atoms with Gasteiger partial charge < -0.3 is 14.6 Å². The number of pyridine rings is 1. The van der Waals surface area contributed by atoms with E-state index < -0.39 is 5.97 Å². The van der Waals surface area contributed by atoms with Crippen molar-refractivity contribution in [3.8, 4) is 0 Å². The molecule has 0 spiro atoms. The first-order valence-corrected chi connectivity index (χ1v) is 7.41. The van der Waals surface area contributed by atoms with Crippen molar-refractivity contribution in [3.05, 3.63) is 62.1 Å². The van der Waals surface area contributed by atoms with E-state index in [1.165, 1.54) is 25.4 Å². The van der Waals surface area contributed by atoms with Gasteiger partial charge in [-0.25, -0.2) is 4.79 Å². The van der Waals surface area contributed by atoms with Crippen molar-refractivity contribution < 1.29 is 14.3 Å². The molecule has 0 aliphatic heterocycles. The van der Waals surface area contributed by atoms with E-state index in [1.807, 2.05) is 18.2 Å². The number of benzene rings is 1. The van der Waals surface area contributed by atoms with Gasteiger partial charge in [-0.1, -0.05) is 6.07 Å². The zero-order valence-electron chi connectivity index (χ0n) is 11.7. The highest BCUT2D eigenvalue weighted by atomic mass is 127. The third-order valence-corrected chi connectivity index (χ3v) is 3.50. The first-order valence-electron chi connectivity index (χ1n) is 6.34. The Kier molecular flexibility index (Phi) is 5.31. The molecule has 0 fully saturated rings. The SMILES string of the molecule is COC(=O)c1ccc(=O)n(CC(=O)Nc2cccc(I)c2)c1. The summed E-state index contributed by atoms with van der Waals surface area (Å²) in [5.41, 5.74) is 0.490. The number of hydrogen-bond acceptors (Lipinski definition) is 4. The van der Waals surface area contributed by atoms with Crippen molar-refractivity contribution in [1.82, 2.24) is 4.57 Å². The third-order valence-electron chi connectivity index (χ3n) is 2.83. The van der Waals surface area contributed by atoms with E-state index in [4.69, 9.17) is 0 Å². The summed E-state index contributed by atoms with van der Waals surface area (Å²) < 4.78 is 6.74. The number of methoxy groups -OCH3 is 1. The van der Waals surface area contributed by atoms with Gasteiger partial charge in [-0.15, -0.1) is 0 Å². The standard InChI is InChI=1S/C15H13IN2O4/c1-22-15(21)10-5-6-14(20)18(8-10)9-13(19)17-12-4-2-3-11(16)7-12/h2-8H,9H2,1H3,(H,17,19). The molecule has 1 aromatic carbocycles. The lowest BCUT2D eigenvalue weighted by atomic mass is 10.3. The van der Waals surface area contributed by atoms with Gasteiger partial charge in [-0.05, 0) is 46.9 Å². The minimum atomic E-state index is -0.563. The fourth-order valence-corrected chi connectivity index (χ4v) is 2.36. The van der Waals surface area contributed by atoms with Crippen molar-refractivity contribution in [2.24, 2.45) is 0 Å². The van der Waals surface area contributed by atoms with E-state index in [1.54, 1.807) is 6.07 Å². The van der Waals surface area contributed by atoms with Crippen LogP contribution in [0.2, 0.25) is 0 Å². The number of carbonyl (C=O) groups excluding carboxylic acids is 2. The average Bonchev–Trinajstić information content (AvgIpc) is 2.48. The summed E-state index contributed by atoms with van der Waals surface area (Å²) in [4.78, 5) is 35.2. The third kappa shape index (κ3) is 4.17. The van der Waals surface area contributed by atoms with Crippen LogP contribution in [-0.4, -0.2) is 23.6 Å². The lowest BCUT2D eigenvalue weighted by Crippen LogP contribution is -2.27. The predicted molar refractivity (Wildman–Crippen MR) is 89.8 cm³/mol. The molecule has 0 atom stereocenters. The Hall–Kier alpha value is -2.16. The van der Waals surface area contributed by atoms with Crippen LogP contribution in [0.1, 0.15) is 10.4 Å². The summed E-state index contributed by atoms with van der Waals surface area (Å²) in [5.74, 6) is -0.919. The molecule has 0 saturated heterocycles.